The Bertz CT molecular complexity index is 292. The Labute approximate surface area is 96.8 Å². The lowest BCUT2D eigenvalue weighted by molar-refractivity contribution is 0.714. The van der Waals surface area contributed by atoms with Gasteiger partial charge in [-0.1, -0.05) is 19.9 Å². The van der Waals surface area contributed by atoms with Crippen molar-refractivity contribution < 1.29 is 0 Å². The van der Waals surface area contributed by atoms with E-state index in [1.54, 1.807) is 0 Å². The molecule has 0 spiro atoms. The van der Waals surface area contributed by atoms with Crippen LogP contribution in [0.25, 0.3) is 0 Å². The predicted molar refractivity (Wildman–Crippen MR) is 68.7 cm³/mol. The third-order valence-electron chi connectivity index (χ3n) is 2.32. The number of nitrogens with one attached hydrogen (secondary N) is 1. The van der Waals surface area contributed by atoms with Crippen molar-refractivity contribution in [3.63, 3.8) is 0 Å². The maximum atomic E-state index is 5.35. The van der Waals surface area contributed by atoms with Crippen molar-refractivity contribution in [3.05, 3.63) is 11.6 Å². The Morgan fingerprint density at radius 1 is 1.47 bits per heavy atom. The summed E-state index contributed by atoms with van der Waals surface area (Å²) in [5.74, 6) is 0.563. The molecule has 1 aliphatic carbocycles. The van der Waals surface area contributed by atoms with E-state index in [9.17, 15) is 0 Å². The van der Waals surface area contributed by atoms with Crippen LogP contribution >= 0.6 is 12.2 Å². The minimum Gasteiger partial charge on any atom is -0.375 e. The molecule has 0 aromatic carbocycles. The maximum absolute atomic E-state index is 5.35. The highest BCUT2D eigenvalue weighted by Crippen LogP contribution is 2.22. The molecule has 3 nitrogen and oxygen atoms in total. The summed E-state index contributed by atoms with van der Waals surface area (Å²) >= 11 is 4.73. The molecule has 0 saturated heterocycles. The molecule has 3 N–H and O–H groups in total. The molecule has 0 unspecified atom stereocenters. The molecule has 0 aromatic heterocycles. The van der Waals surface area contributed by atoms with E-state index in [2.05, 4.69) is 30.5 Å². The van der Waals surface area contributed by atoms with E-state index in [0.717, 1.165) is 18.6 Å². The second-order valence-corrected chi connectivity index (χ2v) is 4.62. The number of thiocarbonyl (C=S) groups is 1. The number of nitrogens with zero attached hydrogens (tertiary/aromatic N) is 1. The number of hydrogen-bond donors (Lipinski definition) is 2. The zero-order valence-corrected chi connectivity index (χ0v) is 10.2. The van der Waals surface area contributed by atoms with Crippen LogP contribution in [-0.4, -0.2) is 10.8 Å². The molecule has 4 heteroatoms. The molecule has 0 radical (unpaired) electrons. The van der Waals surface area contributed by atoms with Gasteiger partial charge in [-0.05, 0) is 49.4 Å². The molecule has 0 heterocycles. The van der Waals surface area contributed by atoms with Crippen LogP contribution in [0.4, 0.5) is 0 Å². The van der Waals surface area contributed by atoms with Crippen molar-refractivity contribution >= 4 is 23.0 Å². The fourth-order valence-corrected chi connectivity index (χ4v) is 1.79. The van der Waals surface area contributed by atoms with Gasteiger partial charge in [0.15, 0.2) is 5.11 Å². The van der Waals surface area contributed by atoms with Gasteiger partial charge >= 0.3 is 0 Å². The molecule has 1 saturated carbocycles. The highest BCUT2D eigenvalue weighted by Gasteiger charge is 2.13. The lowest BCUT2D eigenvalue weighted by atomic mass is 9.91. The highest BCUT2D eigenvalue weighted by molar-refractivity contribution is 7.80. The van der Waals surface area contributed by atoms with Gasteiger partial charge in [0, 0.05) is 0 Å². The topological polar surface area (TPSA) is 50.4 Å². The van der Waals surface area contributed by atoms with E-state index >= 15 is 0 Å². The summed E-state index contributed by atoms with van der Waals surface area (Å²) in [6.45, 7) is 4.36. The molecule has 0 aromatic rings. The first-order chi connectivity index (χ1) is 7.09. The van der Waals surface area contributed by atoms with Crippen molar-refractivity contribution in [2.75, 3.05) is 0 Å². The first-order valence-corrected chi connectivity index (χ1v) is 5.83. The van der Waals surface area contributed by atoms with Gasteiger partial charge in [0.2, 0.25) is 0 Å². The summed E-state index contributed by atoms with van der Waals surface area (Å²) in [6, 6.07) is 0. The smallest absolute Gasteiger partial charge is 0.184 e. The minimum atomic E-state index is 0.233. The first kappa shape index (κ1) is 12.2. The van der Waals surface area contributed by atoms with Gasteiger partial charge in [-0.2, -0.15) is 5.10 Å². The number of nitrogens with two attached hydrogens (primary N) is 1. The summed E-state index contributed by atoms with van der Waals surface area (Å²) < 4.78 is 0. The zero-order chi connectivity index (χ0) is 11.3. The van der Waals surface area contributed by atoms with Crippen molar-refractivity contribution in [1.82, 2.24) is 5.43 Å². The molecule has 84 valence electrons. The Hall–Kier alpha value is -0.900. The standard InChI is InChI=1S/C11H19N3S/c1-8(2)7-9-5-3-4-6-10(9)13-14-11(12)15/h7-8H,3-6H2,1-2H3,(H3,12,14,15)/b9-7+,13-10-. The maximum Gasteiger partial charge on any atom is 0.184 e. The van der Waals surface area contributed by atoms with Crippen LogP contribution in [0.3, 0.4) is 0 Å². The minimum absolute atomic E-state index is 0.233. The molecule has 0 aliphatic heterocycles. The van der Waals surface area contributed by atoms with E-state index in [0.29, 0.717) is 5.92 Å². The summed E-state index contributed by atoms with van der Waals surface area (Å²) in [5, 5.41) is 4.48. The van der Waals surface area contributed by atoms with Crippen LogP contribution in [0.2, 0.25) is 0 Å². The SMILES string of the molecule is CC(C)/C=C1\CCCC\C1=N\NC(N)=S. The number of rotatable bonds is 2. The van der Waals surface area contributed by atoms with Gasteiger partial charge in [0.05, 0.1) is 5.71 Å². The van der Waals surface area contributed by atoms with E-state index in [-0.39, 0.29) is 5.11 Å². The third kappa shape index (κ3) is 4.42. The summed E-state index contributed by atoms with van der Waals surface area (Å²) in [7, 11) is 0. The Kier molecular flexibility index (Phi) is 4.75. The molecule has 1 aliphatic rings. The van der Waals surface area contributed by atoms with E-state index in [1.807, 2.05) is 0 Å². The van der Waals surface area contributed by atoms with Gasteiger partial charge in [0.25, 0.3) is 0 Å². The first-order valence-electron chi connectivity index (χ1n) is 5.42. The average molecular weight is 225 g/mol. The fourth-order valence-electron chi connectivity index (χ4n) is 1.74. The van der Waals surface area contributed by atoms with E-state index < -0.39 is 0 Å². The summed E-state index contributed by atoms with van der Waals surface area (Å²) in [6.07, 6.45) is 6.88. The van der Waals surface area contributed by atoms with Crippen LogP contribution in [0.1, 0.15) is 39.5 Å². The van der Waals surface area contributed by atoms with Crippen LogP contribution in [0, 0.1) is 5.92 Å². The predicted octanol–water partition coefficient (Wildman–Crippen LogP) is 2.33. The average Bonchev–Trinajstić information content (AvgIpc) is 2.15. The van der Waals surface area contributed by atoms with Gasteiger partial charge in [-0.25, -0.2) is 0 Å². The summed E-state index contributed by atoms with van der Waals surface area (Å²) in [4.78, 5) is 0. The van der Waals surface area contributed by atoms with Gasteiger partial charge in [-0.15, -0.1) is 0 Å². The Morgan fingerprint density at radius 2 is 2.13 bits per heavy atom. The molecule has 0 amide bonds. The number of hydrazone groups is 1. The van der Waals surface area contributed by atoms with Crippen LogP contribution in [0.15, 0.2) is 16.8 Å². The third-order valence-corrected chi connectivity index (χ3v) is 2.41. The monoisotopic (exact) mass is 225 g/mol. The summed E-state index contributed by atoms with van der Waals surface area (Å²) in [5.41, 5.74) is 10.5. The van der Waals surface area contributed by atoms with E-state index in [4.69, 9.17) is 18.0 Å². The highest BCUT2D eigenvalue weighted by atomic mass is 32.1. The van der Waals surface area contributed by atoms with Crippen LogP contribution < -0.4 is 11.2 Å². The van der Waals surface area contributed by atoms with Crippen molar-refractivity contribution in [2.45, 2.75) is 39.5 Å². The van der Waals surface area contributed by atoms with Crippen LogP contribution in [0.5, 0.6) is 0 Å². The second kappa shape index (κ2) is 5.85. The molecule has 15 heavy (non-hydrogen) atoms. The molecule has 0 bridgehead atoms. The quantitative estimate of drug-likeness (QED) is 0.560. The van der Waals surface area contributed by atoms with Gasteiger partial charge in [-0.3, -0.25) is 5.43 Å². The molecular weight excluding hydrogens is 206 g/mol. The van der Waals surface area contributed by atoms with Gasteiger partial charge in [0.1, 0.15) is 0 Å². The van der Waals surface area contributed by atoms with Crippen molar-refractivity contribution in [3.8, 4) is 0 Å². The second-order valence-electron chi connectivity index (χ2n) is 4.18. The lowest BCUT2D eigenvalue weighted by Crippen LogP contribution is -2.26. The van der Waals surface area contributed by atoms with Crippen LogP contribution in [-0.2, 0) is 0 Å². The molecular formula is C11H19N3S. The Morgan fingerprint density at radius 3 is 2.73 bits per heavy atom. The number of hydrogen-bond acceptors (Lipinski definition) is 2. The number of allylic oxidation sites excluding steroid dienone is 2. The normalized spacial score (nSPS) is 22.3. The zero-order valence-electron chi connectivity index (χ0n) is 9.42. The largest absolute Gasteiger partial charge is 0.375 e. The molecule has 1 rings (SSSR count). The van der Waals surface area contributed by atoms with Crippen molar-refractivity contribution in [1.29, 1.82) is 0 Å². The van der Waals surface area contributed by atoms with E-state index in [1.165, 1.54) is 18.4 Å². The van der Waals surface area contributed by atoms with Crippen molar-refractivity contribution in [2.24, 2.45) is 16.8 Å². The molecule has 0 atom stereocenters. The molecule has 1 fully saturated rings. The lowest BCUT2D eigenvalue weighted by Gasteiger charge is -2.17. The Balaban J connectivity index is 2.73. The van der Waals surface area contributed by atoms with Gasteiger partial charge < -0.3 is 5.73 Å². The fraction of sp³-hybridized carbons (Fsp3) is 0.636.